The number of piperidine rings is 1. The first-order chi connectivity index (χ1) is 12.4. The molecule has 2 rings (SSSR count). The average Bonchev–Trinajstić information content (AvgIpc) is 2.62. The van der Waals surface area contributed by atoms with Crippen molar-refractivity contribution < 1.29 is 19.4 Å². The first-order valence-corrected chi connectivity index (χ1v) is 9.05. The maximum atomic E-state index is 12.4. The molecule has 0 aromatic heterocycles. The summed E-state index contributed by atoms with van der Waals surface area (Å²) < 4.78 is 5.51. The van der Waals surface area contributed by atoms with Crippen LogP contribution in [0, 0.1) is 0 Å². The fraction of sp³-hybridized carbons (Fsp3) is 0.579. The minimum Gasteiger partial charge on any atom is -0.494 e. The Morgan fingerprint density at radius 3 is 2.58 bits per heavy atom. The topological polar surface area (TPSA) is 82.1 Å². The van der Waals surface area contributed by atoms with Crippen molar-refractivity contribution in [2.24, 2.45) is 0 Å². The highest BCUT2D eigenvalue weighted by atomic mass is 16.5. The minimum atomic E-state index is -0.699. The summed E-state index contributed by atoms with van der Waals surface area (Å²) in [6.07, 6.45) is 0.833. The summed E-state index contributed by atoms with van der Waals surface area (Å²) in [6, 6.07) is 6.67. The lowest BCUT2D eigenvalue weighted by atomic mass is 10.0. The molecule has 7 heteroatoms. The Bertz CT molecular complexity index is 603. The monoisotopic (exact) mass is 363 g/mol. The number of β-amino-alcohol motifs (C(OH)–C–C–N with tert-alkyl or cyclic N) is 1. The molecule has 0 spiro atoms. The summed E-state index contributed by atoms with van der Waals surface area (Å²) in [7, 11) is 3.43. The molecular weight excluding hydrogens is 334 g/mol. The van der Waals surface area contributed by atoms with Gasteiger partial charge in [-0.15, -0.1) is 0 Å². The van der Waals surface area contributed by atoms with Gasteiger partial charge in [-0.3, -0.25) is 14.5 Å². The van der Waals surface area contributed by atoms with Gasteiger partial charge in [0.2, 0.25) is 5.91 Å². The summed E-state index contributed by atoms with van der Waals surface area (Å²) in [5, 5.41) is 13.2. The number of benzene rings is 1. The lowest BCUT2D eigenvalue weighted by Gasteiger charge is -2.36. The van der Waals surface area contributed by atoms with Gasteiger partial charge in [0, 0.05) is 32.7 Å². The van der Waals surface area contributed by atoms with Crippen LogP contribution in [0.5, 0.6) is 5.75 Å². The number of aliphatic hydroxyl groups excluding tert-OH is 1. The van der Waals surface area contributed by atoms with E-state index in [0.29, 0.717) is 31.7 Å². The fourth-order valence-electron chi connectivity index (χ4n) is 2.82. The molecule has 1 aliphatic rings. The van der Waals surface area contributed by atoms with Gasteiger partial charge in [0.05, 0.1) is 25.3 Å². The molecule has 0 aliphatic carbocycles. The Balaban J connectivity index is 1.85. The third-order valence-electron chi connectivity index (χ3n) is 4.43. The molecule has 1 aliphatic heterocycles. The second-order valence-electron chi connectivity index (χ2n) is 6.83. The highest BCUT2D eigenvalue weighted by Gasteiger charge is 2.30. The van der Waals surface area contributed by atoms with E-state index in [0.717, 1.165) is 12.2 Å². The van der Waals surface area contributed by atoms with E-state index in [-0.39, 0.29) is 24.4 Å². The lowest BCUT2D eigenvalue weighted by Crippen LogP contribution is -2.55. The van der Waals surface area contributed by atoms with Crippen LogP contribution in [0.3, 0.4) is 0 Å². The highest BCUT2D eigenvalue weighted by molar-refractivity contribution is 5.94. The first kappa shape index (κ1) is 20.2. The molecule has 2 atom stereocenters. The number of nitrogens with zero attached hydrogens (tertiary/aromatic N) is 2. The largest absolute Gasteiger partial charge is 0.494 e. The van der Waals surface area contributed by atoms with E-state index in [1.165, 1.54) is 4.90 Å². The molecule has 0 bridgehead atoms. The van der Waals surface area contributed by atoms with Crippen molar-refractivity contribution >= 4 is 11.8 Å². The normalized spacial score (nSPS) is 20.5. The van der Waals surface area contributed by atoms with Gasteiger partial charge in [-0.1, -0.05) is 6.92 Å². The Hall–Kier alpha value is -2.12. The van der Waals surface area contributed by atoms with Crippen LogP contribution in [0.4, 0.5) is 0 Å². The van der Waals surface area contributed by atoms with Gasteiger partial charge >= 0.3 is 0 Å². The van der Waals surface area contributed by atoms with Crippen LogP contribution >= 0.6 is 0 Å². The first-order valence-electron chi connectivity index (χ1n) is 9.05. The van der Waals surface area contributed by atoms with Crippen molar-refractivity contribution in [2.45, 2.75) is 31.9 Å². The maximum absolute atomic E-state index is 12.4. The van der Waals surface area contributed by atoms with Crippen molar-refractivity contribution in [3.8, 4) is 5.75 Å². The van der Waals surface area contributed by atoms with E-state index >= 15 is 0 Å². The second-order valence-corrected chi connectivity index (χ2v) is 6.83. The highest BCUT2D eigenvalue weighted by Crippen LogP contribution is 2.15. The zero-order valence-corrected chi connectivity index (χ0v) is 15.8. The third-order valence-corrected chi connectivity index (χ3v) is 4.43. The van der Waals surface area contributed by atoms with Gasteiger partial charge in [-0.05, 0) is 37.1 Å². The summed E-state index contributed by atoms with van der Waals surface area (Å²) >= 11 is 0. The molecule has 7 nitrogen and oxygen atoms in total. The molecule has 2 N–H and O–H groups in total. The summed E-state index contributed by atoms with van der Waals surface area (Å²) in [5.41, 5.74) is 0.534. The van der Waals surface area contributed by atoms with Crippen LogP contribution in [0.2, 0.25) is 0 Å². The molecule has 1 saturated heterocycles. The predicted octanol–water partition coefficient (Wildman–Crippen LogP) is 0.729. The van der Waals surface area contributed by atoms with Gasteiger partial charge in [0.1, 0.15) is 5.75 Å². The van der Waals surface area contributed by atoms with Crippen LogP contribution < -0.4 is 10.1 Å². The van der Waals surface area contributed by atoms with Gasteiger partial charge in [-0.2, -0.15) is 0 Å². The standard InChI is InChI=1S/C19H29N3O4/c1-4-11-26-15-7-5-14(6-8-15)19(25)20-16-9-10-22(12-17(16)23)13-18(24)21(2)3/h5-8,16-17,23H,4,9-13H2,1-3H3,(H,20,25)/t16-,17-/m1/s1. The van der Waals surface area contributed by atoms with Crippen molar-refractivity contribution in [2.75, 3.05) is 40.3 Å². The zero-order valence-electron chi connectivity index (χ0n) is 15.8. The predicted molar refractivity (Wildman–Crippen MR) is 99.2 cm³/mol. The Labute approximate surface area is 154 Å². The molecule has 0 unspecified atom stereocenters. The van der Waals surface area contributed by atoms with E-state index in [9.17, 15) is 14.7 Å². The van der Waals surface area contributed by atoms with Crippen molar-refractivity contribution in [3.05, 3.63) is 29.8 Å². The average molecular weight is 363 g/mol. The van der Waals surface area contributed by atoms with Gasteiger partial charge in [-0.25, -0.2) is 0 Å². The molecule has 0 radical (unpaired) electrons. The number of likely N-dealkylation sites (N-methyl/N-ethyl adjacent to an activating group) is 1. The van der Waals surface area contributed by atoms with E-state index in [1.807, 2.05) is 11.8 Å². The SMILES string of the molecule is CCCOc1ccc(C(=O)N[C@@H]2CCN(CC(=O)N(C)C)C[C@H]2O)cc1. The molecule has 0 saturated carbocycles. The molecule has 2 amide bonds. The molecule has 26 heavy (non-hydrogen) atoms. The number of amides is 2. The van der Waals surface area contributed by atoms with Crippen molar-refractivity contribution in [1.82, 2.24) is 15.1 Å². The number of hydrogen-bond donors (Lipinski definition) is 2. The second kappa shape index (κ2) is 9.54. The smallest absolute Gasteiger partial charge is 0.251 e. The van der Waals surface area contributed by atoms with E-state index < -0.39 is 6.10 Å². The van der Waals surface area contributed by atoms with Gasteiger partial charge in [0.25, 0.3) is 5.91 Å². The van der Waals surface area contributed by atoms with Crippen LogP contribution in [0.25, 0.3) is 0 Å². The number of carbonyl (C=O) groups is 2. The molecule has 144 valence electrons. The molecular formula is C19H29N3O4. The fourth-order valence-corrected chi connectivity index (χ4v) is 2.82. The number of carbonyl (C=O) groups excluding carboxylic acids is 2. The Morgan fingerprint density at radius 1 is 1.31 bits per heavy atom. The number of nitrogens with one attached hydrogen (secondary N) is 1. The number of hydrogen-bond acceptors (Lipinski definition) is 5. The summed E-state index contributed by atoms with van der Waals surface area (Å²) in [6.45, 7) is 3.99. The van der Waals surface area contributed by atoms with Gasteiger partial charge in [0.15, 0.2) is 0 Å². The van der Waals surface area contributed by atoms with Crippen molar-refractivity contribution in [3.63, 3.8) is 0 Å². The van der Waals surface area contributed by atoms with Crippen LogP contribution in [0.15, 0.2) is 24.3 Å². The number of aliphatic hydroxyl groups is 1. The molecule has 1 aromatic rings. The minimum absolute atomic E-state index is 0.00469. The Morgan fingerprint density at radius 2 is 2.00 bits per heavy atom. The van der Waals surface area contributed by atoms with Crippen LogP contribution in [-0.4, -0.2) is 79.2 Å². The number of likely N-dealkylation sites (tertiary alicyclic amines) is 1. The van der Waals surface area contributed by atoms with Gasteiger partial charge < -0.3 is 20.1 Å². The number of ether oxygens (including phenoxy) is 1. The molecule has 1 fully saturated rings. The van der Waals surface area contributed by atoms with E-state index in [1.54, 1.807) is 38.4 Å². The van der Waals surface area contributed by atoms with E-state index in [4.69, 9.17) is 4.74 Å². The van der Waals surface area contributed by atoms with Crippen LogP contribution in [0.1, 0.15) is 30.1 Å². The molecule has 1 aromatic carbocycles. The van der Waals surface area contributed by atoms with Crippen LogP contribution in [-0.2, 0) is 4.79 Å². The van der Waals surface area contributed by atoms with E-state index in [2.05, 4.69) is 5.32 Å². The Kier molecular flexibility index (Phi) is 7.41. The summed E-state index contributed by atoms with van der Waals surface area (Å²) in [5.74, 6) is 0.529. The lowest BCUT2D eigenvalue weighted by molar-refractivity contribution is -0.130. The third kappa shape index (κ3) is 5.71. The zero-order chi connectivity index (χ0) is 19.1. The summed E-state index contributed by atoms with van der Waals surface area (Å²) in [4.78, 5) is 27.6. The quantitative estimate of drug-likeness (QED) is 0.746. The maximum Gasteiger partial charge on any atom is 0.251 e. The molecule has 1 heterocycles. The number of rotatable bonds is 7. The van der Waals surface area contributed by atoms with Crippen molar-refractivity contribution in [1.29, 1.82) is 0 Å².